The summed E-state index contributed by atoms with van der Waals surface area (Å²) >= 11 is 0. The molecule has 24 heavy (non-hydrogen) atoms. The van der Waals surface area contributed by atoms with Gasteiger partial charge in [-0.05, 0) is 11.6 Å². The molecule has 1 aromatic heterocycles. The Balaban J connectivity index is 1.58. The molecule has 0 unspecified atom stereocenters. The van der Waals surface area contributed by atoms with Crippen LogP contribution in [0.4, 0.5) is 0 Å². The minimum absolute atomic E-state index is 0.0519. The molecule has 0 atom stereocenters. The zero-order chi connectivity index (χ0) is 16.8. The molecule has 1 aliphatic heterocycles. The van der Waals surface area contributed by atoms with Gasteiger partial charge in [-0.15, -0.1) is 0 Å². The van der Waals surface area contributed by atoms with Gasteiger partial charge < -0.3 is 14.4 Å². The van der Waals surface area contributed by atoms with Crippen molar-refractivity contribution < 1.29 is 14.3 Å². The fourth-order valence-electron chi connectivity index (χ4n) is 2.69. The molecule has 2 heterocycles. The van der Waals surface area contributed by atoms with Crippen LogP contribution in [0, 0.1) is 0 Å². The lowest BCUT2D eigenvalue weighted by Crippen LogP contribution is -2.27. The maximum atomic E-state index is 12.5. The zero-order valence-corrected chi connectivity index (χ0v) is 13.9. The predicted molar refractivity (Wildman–Crippen MR) is 90.9 cm³/mol. The van der Waals surface area contributed by atoms with Crippen molar-refractivity contribution >= 4 is 5.91 Å². The van der Waals surface area contributed by atoms with Gasteiger partial charge >= 0.3 is 0 Å². The minimum Gasteiger partial charge on any atom is -0.474 e. The van der Waals surface area contributed by atoms with Gasteiger partial charge in [0.1, 0.15) is 6.10 Å². The first-order valence-electron chi connectivity index (χ1n) is 8.22. The Labute approximate surface area is 142 Å². The summed E-state index contributed by atoms with van der Waals surface area (Å²) in [5, 5.41) is 0. The van der Waals surface area contributed by atoms with E-state index in [4.69, 9.17) is 9.47 Å². The summed E-state index contributed by atoms with van der Waals surface area (Å²) in [5.41, 5.74) is 1.66. The number of aromatic nitrogens is 1. The number of carbonyl (C=O) groups is 1. The smallest absolute Gasteiger partial charge is 0.255 e. The molecular formula is C19H22N2O3. The number of amides is 1. The molecule has 0 spiro atoms. The van der Waals surface area contributed by atoms with Gasteiger partial charge in [0, 0.05) is 38.7 Å². The molecule has 1 saturated heterocycles. The van der Waals surface area contributed by atoms with E-state index in [0.29, 0.717) is 18.0 Å². The highest BCUT2D eigenvalue weighted by Gasteiger charge is 2.17. The molecule has 5 heteroatoms. The largest absolute Gasteiger partial charge is 0.474 e. The van der Waals surface area contributed by atoms with Crippen LogP contribution in [0.15, 0.2) is 48.7 Å². The van der Waals surface area contributed by atoms with Gasteiger partial charge in [0.15, 0.2) is 0 Å². The van der Waals surface area contributed by atoms with Crippen molar-refractivity contribution in [2.75, 3.05) is 20.3 Å². The Kier molecular flexibility index (Phi) is 5.43. The third kappa shape index (κ3) is 4.32. The lowest BCUT2D eigenvalue weighted by Gasteiger charge is -2.22. The molecule has 126 valence electrons. The Bertz CT molecular complexity index is 652. The van der Waals surface area contributed by atoms with E-state index in [1.54, 1.807) is 30.3 Å². The van der Waals surface area contributed by atoms with E-state index >= 15 is 0 Å². The van der Waals surface area contributed by atoms with E-state index in [9.17, 15) is 4.79 Å². The van der Waals surface area contributed by atoms with Gasteiger partial charge in [-0.2, -0.15) is 0 Å². The van der Waals surface area contributed by atoms with Crippen LogP contribution in [0.2, 0.25) is 0 Å². The highest BCUT2D eigenvalue weighted by Crippen LogP contribution is 2.16. The summed E-state index contributed by atoms with van der Waals surface area (Å²) in [5.74, 6) is 0.508. The average Bonchev–Trinajstić information content (AvgIpc) is 2.63. The number of benzene rings is 1. The standard InChI is InChI=1S/C19H22N2O3/c1-21(14-15-5-3-2-4-6-15)19(22)16-7-8-18(20-13-16)24-17-9-11-23-12-10-17/h2-8,13,17H,9-12,14H2,1H3. The molecule has 0 radical (unpaired) electrons. The van der Waals surface area contributed by atoms with Crippen molar-refractivity contribution in [1.82, 2.24) is 9.88 Å². The van der Waals surface area contributed by atoms with Crippen LogP contribution < -0.4 is 4.74 Å². The van der Waals surface area contributed by atoms with Crippen LogP contribution in [0.25, 0.3) is 0 Å². The first kappa shape index (κ1) is 16.5. The fraction of sp³-hybridized carbons (Fsp3) is 0.368. The van der Waals surface area contributed by atoms with Crippen molar-refractivity contribution in [2.24, 2.45) is 0 Å². The average molecular weight is 326 g/mol. The quantitative estimate of drug-likeness (QED) is 0.848. The molecule has 5 nitrogen and oxygen atoms in total. The number of hydrogen-bond donors (Lipinski definition) is 0. The van der Waals surface area contributed by atoms with Crippen LogP contribution >= 0.6 is 0 Å². The van der Waals surface area contributed by atoms with Crippen LogP contribution in [0.5, 0.6) is 5.88 Å². The van der Waals surface area contributed by atoms with E-state index in [-0.39, 0.29) is 12.0 Å². The summed E-state index contributed by atoms with van der Waals surface area (Å²) in [7, 11) is 1.79. The topological polar surface area (TPSA) is 51.7 Å². The number of ether oxygens (including phenoxy) is 2. The van der Waals surface area contributed by atoms with Crippen molar-refractivity contribution in [3.63, 3.8) is 0 Å². The zero-order valence-electron chi connectivity index (χ0n) is 13.9. The highest BCUT2D eigenvalue weighted by atomic mass is 16.5. The predicted octanol–water partition coefficient (Wildman–Crippen LogP) is 2.91. The number of pyridine rings is 1. The van der Waals surface area contributed by atoms with Gasteiger partial charge in [0.05, 0.1) is 18.8 Å². The molecule has 0 saturated carbocycles. The van der Waals surface area contributed by atoms with Crippen LogP contribution in [0.1, 0.15) is 28.8 Å². The third-order valence-electron chi connectivity index (χ3n) is 4.05. The van der Waals surface area contributed by atoms with E-state index in [1.807, 2.05) is 30.3 Å². The number of rotatable bonds is 5. The second-order valence-electron chi connectivity index (χ2n) is 5.96. The Morgan fingerprint density at radius 1 is 1.21 bits per heavy atom. The first-order chi connectivity index (χ1) is 11.7. The molecule has 1 aliphatic rings. The molecule has 3 rings (SSSR count). The summed E-state index contributed by atoms with van der Waals surface area (Å²) in [6.07, 6.45) is 3.48. The fourth-order valence-corrected chi connectivity index (χ4v) is 2.69. The Morgan fingerprint density at radius 2 is 1.96 bits per heavy atom. The molecule has 0 aliphatic carbocycles. The van der Waals surface area contributed by atoms with Crippen LogP contribution in [-0.2, 0) is 11.3 Å². The molecule has 2 aromatic rings. The second-order valence-corrected chi connectivity index (χ2v) is 5.96. The highest BCUT2D eigenvalue weighted by molar-refractivity contribution is 5.93. The molecular weight excluding hydrogens is 304 g/mol. The summed E-state index contributed by atoms with van der Waals surface area (Å²) < 4.78 is 11.1. The molecule has 0 N–H and O–H groups in total. The van der Waals surface area contributed by atoms with Crippen molar-refractivity contribution in [3.8, 4) is 5.88 Å². The van der Waals surface area contributed by atoms with E-state index < -0.39 is 0 Å². The van der Waals surface area contributed by atoms with E-state index in [1.165, 1.54) is 0 Å². The third-order valence-corrected chi connectivity index (χ3v) is 4.05. The van der Waals surface area contributed by atoms with Crippen LogP contribution in [0.3, 0.4) is 0 Å². The maximum Gasteiger partial charge on any atom is 0.255 e. The second kappa shape index (κ2) is 7.93. The minimum atomic E-state index is -0.0519. The summed E-state index contributed by atoms with van der Waals surface area (Å²) in [4.78, 5) is 18.4. The number of hydrogen-bond acceptors (Lipinski definition) is 4. The molecule has 1 amide bonds. The van der Waals surface area contributed by atoms with Crippen molar-refractivity contribution in [3.05, 3.63) is 59.8 Å². The Morgan fingerprint density at radius 3 is 2.62 bits per heavy atom. The molecule has 0 bridgehead atoms. The summed E-state index contributed by atoms with van der Waals surface area (Å²) in [6.45, 7) is 2.02. The number of nitrogens with zero attached hydrogens (tertiary/aromatic N) is 2. The lowest BCUT2D eigenvalue weighted by molar-refractivity contribution is 0.0237. The van der Waals surface area contributed by atoms with E-state index in [2.05, 4.69) is 4.98 Å². The van der Waals surface area contributed by atoms with E-state index in [0.717, 1.165) is 31.6 Å². The van der Waals surface area contributed by atoms with Crippen LogP contribution in [-0.4, -0.2) is 42.2 Å². The maximum absolute atomic E-state index is 12.5. The Hall–Kier alpha value is -2.40. The SMILES string of the molecule is CN(Cc1ccccc1)C(=O)c1ccc(OC2CCOCC2)nc1. The van der Waals surface area contributed by atoms with Gasteiger partial charge in [-0.1, -0.05) is 30.3 Å². The van der Waals surface area contributed by atoms with Gasteiger partial charge in [0.2, 0.25) is 5.88 Å². The lowest BCUT2D eigenvalue weighted by atomic mass is 10.1. The van der Waals surface area contributed by atoms with Crippen molar-refractivity contribution in [2.45, 2.75) is 25.5 Å². The molecule has 1 aromatic carbocycles. The van der Waals surface area contributed by atoms with Gasteiger partial charge in [0.25, 0.3) is 5.91 Å². The number of carbonyl (C=O) groups excluding carboxylic acids is 1. The first-order valence-corrected chi connectivity index (χ1v) is 8.22. The monoisotopic (exact) mass is 326 g/mol. The molecule has 1 fully saturated rings. The van der Waals surface area contributed by atoms with Crippen molar-refractivity contribution in [1.29, 1.82) is 0 Å². The normalized spacial score (nSPS) is 15.0. The van der Waals surface area contributed by atoms with Gasteiger partial charge in [-0.25, -0.2) is 4.98 Å². The summed E-state index contributed by atoms with van der Waals surface area (Å²) in [6, 6.07) is 13.5. The van der Waals surface area contributed by atoms with Gasteiger partial charge in [-0.3, -0.25) is 4.79 Å².